The Kier molecular flexibility index (Phi) is 3.61. The molecule has 2 N–H and O–H groups in total. The molecule has 1 aliphatic heterocycles. The van der Waals surface area contributed by atoms with E-state index in [-0.39, 0.29) is 11.6 Å². The van der Waals surface area contributed by atoms with Crippen LogP contribution < -0.4 is 5.73 Å². The molecule has 3 rings (SSSR count). The van der Waals surface area contributed by atoms with E-state index in [0.29, 0.717) is 30.7 Å². The third-order valence-corrected chi connectivity index (χ3v) is 3.97. The van der Waals surface area contributed by atoms with Gasteiger partial charge in [0.05, 0.1) is 12.3 Å². The van der Waals surface area contributed by atoms with Crippen LogP contribution in [0.25, 0.3) is 0 Å². The molecule has 0 spiro atoms. The summed E-state index contributed by atoms with van der Waals surface area (Å²) >= 11 is 0. The second-order valence-corrected chi connectivity index (χ2v) is 5.65. The molecule has 0 aromatic heterocycles. The van der Waals surface area contributed by atoms with Gasteiger partial charge in [0.15, 0.2) is 0 Å². The van der Waals surface area contributed by atoms with Crippen molar-refractivity contribution in [1.82, 2.24) is 4.90 Å². The van der Waals surface area contributed by atoms with E-state index in [4.69, 9.17) is 10.5 Å². The fraction of sp³-hybridized carbons (Fsp3) is 0.533. The van der Waals surface area contributed by atoms with Crippen LogP contribution >= 0.6 is 0 Å². The van der Waals surface area contributed by atoms with E-state index in [0.717, 1.165) is 25.9 Å². The van der Waals surface area contributed by atoms with Gasteiger partial charge in [0.25, 0.3) is 5.91 Å². The Morgan fingerprint density at radius 1 is 1.40 bits per heavy atom. The van der Waals surface area contributed by atoms with Crippen molar-refractivity contribution in [2.75, 3.05) is 25.5 Å². The number of nitrogens with two attached hydrogens (primary N) is 1. The van der Waals surface area contributed by atoms with Crippen LogP contribution in [0, 0.1) is 11.7 Å². The van der Waals surface area contributed by atoms with Gasteiger partial charge >= 0.3 is 0 Å². The second-order valence-electron chi connectivity index (χ2n) is 5.65. The predicted molar refractivity (Wildman–Crippen MR) is 73.8 cm³/mol. The van der Waals surface area contributed by atoms with Gasteiger partial charge in [-0.3, -0.25) is 4.79 Å². The zero-order valence-electron chi connectivity index (χ0n) is 11.3. The summed E-state index contributed by atoms with van der Waals surface area (Å²) < 4.78 is 18.9. The Hall–Kier alpha value is -1.62. The number of rotatable bonds is 4. The Morgan fingerprint density at radius 3 is 2.80 bits per heavy atom. The smallest absolute Gasteiger partial charge is 0.254 e. The van der Waals surface area contributed by atoms with Gasteiger partial charge in [0, 0.05) is 30.7 Å². The Labute approximate surface area is 117 Å². The number of anilines is 1. The molecule has 1 aromatic rings. The van der Waals surface area contributed by atoms with E-state index in [1.807, 2.05) is 4.90 Å². The van der Waals surface area contributed by atoms with Crippen LogP contribution in [-0.4, -0.2) is 36.6 Å². The van der Waals surface area contributed by atoms with Gasteiger partial charge in [-0.15, -0.1) is 0 Å². The molecule has 1 aromatic carbocycles. The Balaban J connectivity index is 1.75. The van der Waals surface area contributed by atoms with Crippen LogP contribution in [-0.2, 0) is 4.74 Å². The number of benzene rings is 1. The number of halogens is 1. The van der Waals surface area contributed by atoms with Crippen molar-refractivity contribution in [2.45, 2.75) is 25.3 Å². The van der Waals surface area contributed by atoms with Gasteiger partial charge in [0.1, 0.15) is 5.82 Å². The fourth-order valence-electron chi connectivity index (χ4n) is 2.62. The summed E-state index contributed by atoms with van der Waals surface area (Å²) in [4.78, 5) is 14.4. The van der Waals surface area contributed by atoms with E-state index in [1.165, 1.54) is 12.1 Å². The third-order valence-electron chi connectivity index (χ3n) is 3.97. The van der Waals surface area contributed by atoms with E-state index in [9.17, 15) is 9.18 Å². The molecule has 1 aliphatic carbocycles. The van der Waals surface area contributed by atoms with Crippen molar-refractivity contribution >= 4 is 11.6 Å². The zero-order valence-corrected chi connectivity index (χ0v) is 11.3. The van der Waals surface area contributed by atoms with E-state index < -0.39 is 5.82 Å². The Bertz CT molecular complexity index is 511. The Morgan fingerprint density at radius 2 is 2.20 bits per heavy atom. The number of hydrogen-bond acceptors (Lipinski definition) is 3. The number of nitrogens with zero attached hydrogens (tertiary/aromatic N) is 1. The molecule has 2 aliphatic rings. The van der Waals surface area contributed by atoms with Crippen LogP contribution in [0.15, 0.2) is 18.2 Å². The third kappa shape index (κ3) is 2.77. The molecule has 1 unspecified atom stereocenters. The first kappa shape index (κ1) is 13.4. The molecule has 0 radical (unpaired) electrons. The van der Waals surface area contributed by atoms with Crippen molar-refractivity contribution in [1.29, 1.82) is 0 Å². The molecule has 4 nitrogen and oxygen atoms in total. The average Bonchev–Trinajstić information content (AvgIpc) is 3.15. The highest BCUT2D eigenvalue weighted by Gasteiger charge is 2.35. The van der Waals surface area contributed by atoms with Crippen LogP contribution in [0.4, 0.5) is 10.1 Å². The van der Waals surface area contributed by atoms with E-state index in [2.05, 4.69) is 0 Å². The second kappa shape index (κ2) is 5.40. The standard InChI is InChI=1S/C15H19FN2O2/c16-13-7-11(1-4-14(13)17)15(19)18(12-2-3-12)8-10-5-6-20-9-10/h1,4,7,10,12H,2-3,5-6,8-9,17H2. The first-order chi connectivity index (χ1) is 9.65. The lowest BCUT2D eigenvalue weighted by Crippen LogP contribution is -2.37. The lowest BCUT2D eigenvalue weighted by atomic mass is 10.1. The molecule has 108 valence electrons. The molecule has 1 saturated carbocycles. The van der Waals surface area contributed by atoms with Gasteiger partial charge in [0.2, 0.25) is 0 Å². The fourth-order valence-corrected chi connectivity index (χ4v) is 2.62. The van der Waals surface area contributed by atoms with Gasteiger partial charge in [-0.2, -0.15) is 0 Å². The summed E-state index contributed by atoms with van der Waals surface area (Å²) in [6.07, 6.45) is 3.07. The molecule has 1 amide bonds. The summed E-state index contributed by atoms with van der Waals surface area (Å²) in [5.74, 6) is -0.229. The lowest BCUT2D eigenvalue weighted by molar-refractivity contribution is 0.0706. The maximum Gasteiger partial charge on any atom is 0.254 e. The molecule has 0 bridgehead atoms. The summed E-state index contributed by atoms with van der Waals surface area (Å²) in [5.41, 5.74) is 5.90. The normalized spacial score (nSPS) is 21.9. The molecule has 1 atom stereocenters. The van der Waals surface area contributed by atoms with Gasteiger partial charge in [-0.25, -0.2) is 4.39 Å². The van der Waals surface area contributed by atoms with E-state index >= 15 is 0 Å². The minimum absolute atomic E-state index is 0.0729. The summed E-state index contributed by atoms with van der Waals surface area (Å²) in [7, 11) is 0. The maximum absolute atomic E-state index is 13.5. The molecule has 5 heteroatoms. The highest BCUT2D eigenvalue weighted by atomic mass is 19.1. The van der Waals surface area contributed by atoms with Crippen molar-refractivity contribution in [3.05, 3.63) is 29.6 Å². The number of hydrogen-bond donors (Lipinski definition) is 1. The SMILES string of the molecule is Nc1ccc(C(=O)N(CC2CCOC2)C2CC2)cc1F. The largest absolute Gasteiger partial charge is 0.396 e. The van der Waals surface area contributed by atoms with E-state index in [1.54, 1.807) is 6.07 Å². The van der Waals surface area contributed by atoms with Gasteiger partial charge in [-0.1, -0.05) is 0 Å². The van der Waals surface area contributed by atoms with Crippen LogP contribution in [0.1, 0.15) is 29.6 Å². The summed E-state index contributed by atoms with van der Waals surface area (Å²) in [6.45, 7) is 2.19. The molecular weight excluding hydrogens is 259 g/mol. The van der Waals surface area contributed by atoms with Crippen molar-refractivity contribution in [3.8, 4) is 0 Å². The minimum atomic E-state index is -0.532. The molecule has 2 fully saturated rings. The number of ether oxygens (including phenoxy) is 1. The summed E-state index contributed by atoms with van der Waals surface area (Å²) in [5, 5.41) is 0. The topological polar surface area (TPSA) is 55.6 Å². The summed E-state index contributed by atoms with van der Waals surface area (Å²) in [6, 6.07) is 4.59. The highest BCUT2D eigenvalue weighted by molar-refractivity contribution is 5.95. The lowest BCUT2D eigenvalue weighted by Gasteiger charge is -2.25. The van der Waals surface area contributed by atoms with Crippen LogP contribution in [0.3, 0.4) is 0 Å². The van der Waals surface area contributed by atoms with Crippen molar-refractivity contribution in [3.63, 3.8) is 0 Å². The van der Waals surface area contributed by atoms with Crippen molar-refractivity contribution < 1.29 is 13.9 Å². The van der Waals surface area contributed by atoms with Gasteiger partial charge in [-0.05, 0) is 37.5 Å². The predicted octanol–water partition coefficient (Wildman–Crippen LogP) is 2.05. The number of amides is 1. The molecule has 1 heterocycles. The molecule has 1 saturated heterocycles. The molecule has 20 heavy (non-hydrogen) atoms. The quantitative estimate of drug-likeness (QED) is 0.858. The van der Waals surface area contributed by atoms with Gasteiger partial charge < -0.3 is 15.4 Å². The number of carbonyl (C=O) groups excluding carboxylic acids is 1. The minimum Gasteiger partial charge on any atom is -0.396 e. The van der Waals surface area contributed by atoms with Crippen LogP contribution in [0.5, 0.6) is 0 Å². The highest BCUT2D eigenvalue weighted by Crippen LogP contribution is 2.30. The number of nitrogen functional groups attached to an aromatic ring is 1. The molecular formula is C15H19FN2O2. The first-order valence-corrected chi connectivity index (χ1v) is 7.09. The van der Waals surface area contributed by atoms with Crippen molar-refractivity contribution in [2.24, 2.45) is 5.92 Å². The first-order valence-electron chi connectivity index (χ1n) is 7.09. The monoisotopic (exact) mass is 278 g/mol. The number of carbonyl (C=O) groups is 1. The maximum atomic E-state index is 13.5. The van der Waals surface area contributed by atoms with Crippen LogP contribution in [0.2, 0.25) is 0 Å². The average molecular weight is 278 g/mol. The zero-order chi connectivity index (χ0) is 14.1.